The third kappa shape index (κ3) is 5.63. The average molecular weight is 496 g/mol. The van der Waals surface area contributed by atoms with E-state index in [-0.39, 0.29) is 22.8 Å². The highest BCUT2D eigenvalue weighted by atomic mass is 19.4. The molecule has 2 N–H and O–H groups in total. The summed E-state index contributed by atoms with van der Waals surface area (Å²) in [6, 6.07) is 17.6. The third-order valence-corrected chi connectivity index (χ3v) is 5.88. The van der Waals surface area contributed by atoms with Gasteiger partial charge in [0.2, 0.25) is 5.82 Å². The molecule has 4 aromatic rings. The first-order valence-electron chi connectivity index (χ1n) is 11.3. The molecule has 36 heavy (non-hydrogen) atoms. The van der Waals surface area contributed by atoms with Crippen LogP contribution in [0.3, 0.4) is 0 Å². The highest BCUT2D eigenvalue weighted by Gasteiger charge is 2.34. The Labute approximate surface area is 205 Å². The number of hydrogen-bond donors (Lipinski definition) is 2. The van der Waals surface area contributed by atoms with Crippen LogP contribution in [0.2, 0.25) is 0 Å². The van der Waals surface area contributed by atoms with Gasteiger partial charge in [0.15, 0.2) is 0 Å². The number of aliphatic carboxylic acids is 1. The van der Waals surface area contributed by atoms with E-state index in [1.807, 2.05) is 12.1 Å². The number of nitrogens with one attached hydrogen (secondary N) is 1. The zero-order valence-electron chi connectivity index (χ0n) is 19.6. The number of rotatable bonds is 8. The van der Waals surface area contributed by atoms with Crippen molar-refractivity contribution in [2.24, 2.45) is 0 Å². The molecule has 186 valence electrons. The fourth-order valence-electron chi connectivity index (χ4n) is 3.82. The molecule has 1 aromatic heterocycles. The maximum Gasteiger partial charge on any atom is 0.417 e. The molecule has 0 radical (unpaired) electrons. The number of nitrogens with zero attached hydrogens (tertiary/aromatic N) is 2. The van der Waals surface area contributed by atoms with Gasteiger partial charge in [0.05, 0.1) is 5.56 Å². The summed E-state index contributed by atoms with van der Waals surface area (Å²) < 4.78 is 47.1. The Morgan fingerprint density at radius 2 is 1.72 bits per heavy atom. The van der Waals surface area contributed by atoms with Crippen LogP contribution >= 0.6 is 0 Å². The molecule has 0 fully saturated rings. The number of aryl methyl sites for hydroxylation is 1. The summed E-state index contributed by atoms with van der Waals surface area (Å²) >= 11 is 0. The number of aromatic nitrogens is 2. The zero-order chi connectivity index (χ0) is 25.9. The van der Waals surface area contributed by atoms with E-state index in [0.717, 1.165) is 17.2 Å². The Balaban J connectivity index is 1.55. The van der Waals surface area contributed by atoms with E-state index in [4.69, 9.17) is 9.63 Å². The number of alkyl halides is 3. The molecule has 0 bridgehead atoms. The number of halogens is 3. The van der Waals surface area contributed by atoms with Crippen molar-refractivity contribution in [1.29, 1.82) is 0 Å². The Hall–Kier alpha value is -3.98. The van der Waals surface area contributed by atoms with Gasteiger partial charge >= 0.3 is 12.1 Å². The molecule has 0 spiro atoms. The SMILES string of the molecule is Cc1ccccc1-c1ccc(-c2nc(-c3ccc(CCN[C@@H](C)C(=O)O)cc3)no2)cc1C(F)(F)F. The van der Waals surface area contributed by atoms with E-state index < -0.39 is 23.8 Å². The minimum atomic E-state index is -4.57. The molecular formula is C27H24F3N3O3. The summed E-state index contributed by atoms with van der Waals surface area (Å²) in [5.41, 5.74) is 2.37. The maximum absolute atomic E-state index is 13.9. The van der Waals surface area contributed by atoms with Crippen molar-refractivity contribution in [2.75, 3.05) is 6.54 Å². The molecule has 1 atom stereocenters. The van der Waals surface area contributed by atoms with Crippen LogP contribution in [0.5, 0.6) is 0 Å². The molecule has 0 saturated carbocycles. The minimum Gasteiger partial charge on any atom is -0.480 e. The van der Waals surface area contributed by atoms with Gasteiger partial charge in [-0.15, -0.1) is 0 Å². The van der Waals surface area contributed by atoms with Gasteiger partial charge in [0.1, 0.15) is 6.04 Å². The van der Waals surface area contributed by atoms with Gasteiger partial charge in [-0.25, -0.2) is 0 Å². The molecule has 0 saturated heterocycles. The van der Waals surface area contributed by atoms with Crippen LogP contribution in [0, 0.1) is 6.92 Å². The standard InChI is InChI=1S/C27H24F3N3O3/c1-16-5-3-4-6-21(16)22-12-11-20(15-23(22)27(28,29)30)25-32-24(33-36-25)19-9-7-18(8-10-19)13-14-31-17(2)26(34)35/h3-12,15,17,31H,13-14H2,1-2H3,(H,34,35)/t17-/m0/s1. The average Bonchev–Trinajstić information content (AvgIpc) is 3.34. The van der Waals surface area contributed by atoms with Crippen LogP contribution in [0.25, 0.3) is 34.0 Å². The molecule has 6 nitrogen and oxygen atoms in total. The van der Waals surface area contributed by atoms with Gasteiger partial charge in [-0.05, 0) is 61.2 Å². The molecule has 0 aliphatic rings. The topological polar surface area (TPSA) is 88.2 Å². The van der Waals surface area contributed by atoms with Crippen molar-refractivity contribution in [3.05, 3.63) is 83.4 Å². The summed E-state index contributed by atoms with van der Waals surface area (Å²) in [5, 5.41) is 15.8. The van der Waals surface area contributed by atoms with E-state index in [0.29, 0.717) is 24.1 Å². The lowest BCUT2D eigenvalue weighted by Gasteiger charge is -2.15. The fraction of sp³-hybridized carbons (Fsp3) is 0.222. The van der Waals surface area contributed by atoms with Crippen molar-refractivity contribution < 1.29 is 27.6 Å². The lowest BCUT2D eigenvalue weighted by Crippen LogP contribution is -2.34. The van der Waals surface area contributed by atoms with E-state index in [1.165, 1.54) is 6.07 Å². The molecule has 4 rings (SSSR count). The largest absolute Gasteiger partial charge is 0.480 e. The third-order valence-electron chi connectivity index (χ3n) is 5.88. The van der Waals surface area contributed by atoms with Crippen LogP contribution < -0.4 is 5.32 Å². The Bertz CT molecular complexity index is 1360. The first kappa shape index (κ1) is 25.1. The first-order valence-corrected chi connectivity index (χ1v) is 11.3. The van der Waals surface area contributed by atoms with E-state index in [2.05, 4.69) is 15.5 Å². The van der Waals surface area contributed by atoms with Gasteiger partial charge in [-0.2, -0.15) is 18.2 Å². The second kappa shape index (κ2) is 10.3. The molecule has 0 aliphatic carbocycles. The lowest BCUT2D eigenvalue weighted by molar-refractivity contribution is -0.139. The second-order valence-electron chi connectivity index (χ2n) is 8.46. The number of carboxylic acids is 1. The van der Waals surface area contributed by atoms with E-state index in [1.54, 1.807) is 56.3 Å². The maximum atomic E-state index is 13.9. The number of benzene rings is 3. The van der Waals surface area contributed by atoms with Crippen molar-refractivity contribution in [3.63, 3.8) is 0 Å². The fourth-order valence-corrected chi connectivity index (χ4v) is 3.82. The second-order valence-corrected chi connectivity index (χ2v) is 8.46. The number of carbonyl (C=O) groups is 1. The van der Waals surface area contributed by atoms with Crippen LogP contribution in [0.1, 0.15) is 23.6 Å². The normalized spacial score (nSPS) is 12.5. The summed E-state index contributed by atoms with van der Waals surface area (Å²) in [5.74, 6) is -0.668. The van der Waals surface area contributed by atoms with Crippen molar-refractivity contribution >= 4 is 5.97 Å². The van der Waals surface area contributed by atoms with Crippen LogP contribution in [-0.2, 0) is 17.4 Å². The Morgan fingerprint density at radius 1 is 1.03 bits per heavy atom. The van der Waals surface area contributed by atoms with E-state index >= 15 is 0 Å². The molecule has 1 heterocycles. The van der Waals surface area contributed by atoms with Crippen LogP contribution in [0.15, 0.2) is 71.3 Å². The summed E-state index contributed by atoms with van der Waals surface area (Å²) in [7, 11) is 0. The van der Waals surface area contributed by atoms with Gasteiger partial charge in [-0.3, -0.25) is 4.79 Å². The predicted octanol–water partition coefficient (Wildman–Crippen LogP) is 6.00. The lowest BCUT2D eigenvalue weighted by atomic mass is 9.94. The van der Waals surface area contributed by atoms with Gasteiger partial charge in [-0.1, -0.05) is 59.8 Å². The summed E-state index contributed by atoms with van der Waals surface area (Å²) in [6.07, 6.45) is -3.94. The summed E-state index contributed by atoms with van der Waals surface area (Å²) in [6.45, 7) is 3.85. The van der Waals surface area contributed by atoms with Crippen molar-refractivity contribution in [2.45, 2.75) is 32.5 Å². The van der Waals surface area contributed by atoms with Crippen molar-refractivity contribution in [1.82, 2.24) is 15.5 Å². The van der Waals surface area contributed by atoms with Crippen LogP contribution in [-0.4, -0.2) is 33.8 Å². The van der Waals surface area contributed by atoms with Crippen LogP contribution in [0.4, 0.5) is 13.2 Å². The first-order chi connectivity index (χ1) is 17.1. The number of hydrogen-bond acceptors (Lipinski definition) is 5. The highest BCUT2D eigenvalue weighted by Crippen LogP contribution is 2.40. The highest BCUT2D eigenvalue weighted by molar-refractivity contribution is 5.75. The molecule has 3 aromatic carbocycles. The monoisotopic (exact) mass is 495 g/mol. The van der Waals surface area contributed by atoms with E-state index in [9.17, 15) is 18.0 Å². The smallest absolute Gasteiger partial charge is 0.417 e. The van der Waals surface area contributed by atoms with Gasteiger partial charge < -0.3 is 14.9 Å². The Morgan fingerprint density at radius 3 is 2.39 bits per heavy atom. The number of carboxylic acid groups (broad SMARTS) is 1. The van der Waals surface area contributed by atoms with Gasteiger partial charge in [0, 0.05) is 11.1 Å². The van der Waals surface area contributed by atoms with Crippen molar-refractivity contribution in [3.8, 4) is 34.0 Å². The molecular weight excluding hydrogens is 471 g/mol. The zero-order valence-corrected chi connectivity index (χ0v) is 19.6. The quantitative estimate of drug-likeness (QED) is 0.312. The summed E-state index contributed by atoms with van der Waals surface area (Å²) in [4.78, 5) is 15.2. The molecule has 0 aliphatic heterocycles. The van der Waals surface area contributed by atoms with Gasteiger partial charge in [0.25, 0.3) is 5.89 Å². The Kier molecular flexibility index (Phi) is 7.21. The molecule has 0 amide bonds. The molecule has 9 heteroatoms. The predicted molar refractivity (Wildman–Crippen MR) is 129 cm³/mol. The minimum absolute atomic E-state index is 0.0113. The molecule has 0 unspecified atom stereocenters.